The lowest BCUT2D eigenvalue weighted by atomic mass is 10.4. The van der Waals surface area contributed by atoms with Crippen LogP contribution < -0.4 is 0 Å². The third-order valence-corrected chi connectivity index (χ3v) is 0.756. The molecule has 0 aromatic heterocycles. The highest BCUT2D eigenvalue weighted by molar-refractivity contribution is 4.88. The molecule has 0 bridgehead atoms. The van der Waals surface area contributed by atoms with Crippen LogP contribution in [0.1, 0.15) is 19.8 Å². The van der Waals surface area contributed by atoms with E-state index in [0.717, 1.165) is 12.8 Å². The minimum absolute atomic E-state index is 0.469. The highest BCUT2D eigenvalue weighted by Gasteiger charge is 1.76. The Hall–Kier alpha value is -0.600. The van der Waals surface area contributed by atoms with Crippen LogP contribution in [0.3, 0.4) is 0 Å². The average molecular weight is 144 g/mol. The standard InChI is InChI=1S/C4H10O2.C4H6/c1-2-3-4-6-5;1-3-4-2/h5H,2-4H2,1H3;3-4H,1-2H2. The summed E-state index contributed by atoms with van der Waals surface area (Å²) in [7, 11) is 0. The van der Waals surface area contributed by atoms with Crippen LogP contribution >= 0.6 is 0 Å². The average Bonchev–Trinajstić information content (AvgIpc) is 2.01. The molecule has 0 rings (SSSR count). The Balaban J connectivity index is 0. The number of hydrogen-bond acceptors (Lipinski definition) is 2. The fourth-order valence-electron chi connectivity index (χ4n) is 0.209. The molecule has 0 aromatic carbocycles. The molecular weight excluding hydrogens is 128 g/mol. The Labute approximate surface area is 62.8 Å². The van der Waals surface area contributed by atoms with Gasteiger partial charge in [-0.05, 0) is 6.42 Å². The van der Waals surface area contributed by atoms with Crippen LogP contribution in [0.4, 0.5) is 0 Å². The second-order valence-corrected chi connectivity index (χ2v) is 1.66. The maximum atomic E-state index is 7.70. The smallest absolute Gasteiger partial charge is 0.0819 e. The molecule has 0 unspecified atom stereocenters. The van der Waals surface area contributed by atoms with Gasteiger partial charge in [-0.25, -0.2) is 4.89 Å². The third-order valence-electron chi connectivity index (χ3n) is 0.756. The summed E-state index contributed by atoms with van der Waals surface area (Å²) in [4.78, 5) is 3.78. The molecule has 0 fully saturated rings. The minimum atomic E-state index is 0.469. The number of rotatable bonds is 4. The van der Waals surface area contributed by atoms with Gasteiger partial charge in [0.2, 0.25) is 0 Å². The molecule has 0 aromatic rings. The zero-order valence-electron chi connectivity index (χ0n) is 6.55. The SMILES string of the molecule is C=CC=C.CCCCOO. The molecule has 0 heterocycles. The van der Waals surface area contributed by atoms with Gasteiger partial charge in [-0.15, -0.1) is 0 Å². The van der Waals surface area contributed by atoms with Crippen LogP contribution in [0.15, 0.2) is 25.3 Å². The van der Waals surface area contributed by atoms with Crippen LogP contribution in [0.2, 0.25) is 0 Å². The van der Waals surface area contributed by atoms with Crippen molar-refractivity contribution in [2.45, 2.75) is 19.8 Å². The Morgan fingerprint density at radius 3 is 2.00 bits per heavy atom. The van der Waals surface area contributed by atoms with Gasteiger partial charge in [-0.2, -0.15) is 0 Å². The summed E-state index contributed by atoms with van der Waals surface area (Å²) in [5.74, 6) is 0. The van der Waals surface area contributed by atoms with Gasteiger partial charge in [0.1, 0.15) is 0 Å². The molecule has 0 atom stereocenters. The molecule has 0 radical (unpaired) electrons. The van der Waals surface area contributed by atoms with Crippen LogP contribution in [-0.2, 0) is 4.89 Å². The Kier molecular flexibility index (Phi) is 19.1. The van der Waals surface area contributed by atoms with Crippen molar-refractivity contribution in [1.29, 1.82) is 0 Å². The highest BCUT2D eigenvalue weighted by Crippen LogP contribution is 1.83. The van der Waals surface area contributed by atoms with Gasteiger partial charge in [0.05, 0.1) is 6.61 Å². The number of unbranched alkanes of at least 4 members (excludes halogenated alkanes) is 1. The summed E-state index contributed by atoms with van der Waals surface area (Å²) in [6.07, 6.45) is 5.29. The Morgan fingerprint density at radius 1 is 1.40 bits per heavy atom. The first kappa shape index (κ1) is 12.1. The van der Waals surface area contributed by atoms with Crippen molar-refractivity contribution in [3.05, 3.63) is 25.3 Å². The van der Waals surface area contributed by atoms with E-state index in [1.54, 1.807) is 12.2 Å². The van der Waals surface area contributed by atoms with Crippen molar-refractivity contribution in [3.8, 4) is 0 Å². The summed E-state index contributed by atoms with van der Waals surface area (Å²) < 4.78 is 0. The maximum absolute atomic E-state index is 7.70. The quantitative estimate of drug-likeness (QED) is 0.284. The molecule has 60 valence electrons. The minimum Gasteiger partial charge on any atom is -0.252 e. The lowest BCUT2D eigenvalue weighted by Gasteiger charge is -1.87. The van der Waals surface area contributed by atoms with Gasteiger partial charge in [0.15, 0.2) is 0 Å². The van der Waals surface area contributed by atoms with Gasteiger partial charge in [0, 0.05) is 0 Å². The van der Waals surface area contributed by atoms with E-state index in [-0.39, 0.29) is 0 Å². The van der Waals surface area contributed by atoms with Crippen molar-refractivity contribution >= 4 is 0 Å². The molecule has 0 aliphatic carbocycles. The summed E-state index contributed by atoms with van der Waals surface area (Å²) in [5, 5.41) is 7.70. The molecule has 0 aliphatic rings. The molecule has 0 spiro atoms. The first-order valence-electron chi connectivity index (χ1n) is 3.33. The molecule has 0 amide bonds. The monoisotopic (exact) mass is 144 g/mol. The predicted molar refractivity (Wildman–Crippen MR) is 43.9 cm³/mol. The number of hydrogen-bond donors (Lipinski definition) is 1. The molecule has 0 aliphatic heterocycles. The van der Waals surface area contributed by atoms with E-state index >= 15 is 0 Å². The van der Waals surface area contributed by atoms with Gasteiger partial charge >= 0.3 is 0 Å². The van der Waals surface area contributed by atoms with Gasteiger partial charge in [-0.1, -0.05) is 38.7 Å². The van der Waals surface area contributed by atoms with Crippen molar-refractivity contribution < 1.29 is 10.1 Å². The van der Waals surface area contributed by atoms with Crippen molar-refractivity contribution in [2.24, 2.45) is 0 Å². The van der Waals surface area contributed by atoms with Crippen molar-refractivity contribution in [1.82, 2.24) is 0 Å². The second-order valence-electron chi connectivity index (χ2n) is 1.66. The zero-order valence-corrected chi connectivity index (χ0v) is 6.55. The third kappa shape index (κ3) is 26.2. The van der Waals surface area contributed by atoms with E-state index in [4.69, 9.17) is 5.26 Å². The van der Waals surface area contributed by atoms with E-state index in [1.807, 2.05) is 6.92 Å². The summed E-state index contributed by atoms with van der Waals surface area (Å²) >= 11 is 0. The van der Waals surface area contributed by atoms with Gasteiger partial charge in [-0.3, -0.25) is 5.26 Å². The van der Waals surface area contributed by atoms with E-state index < -0.39 is 0 Å². The molecule has 2 heteroatoms. The molecule has 0 saturated carbocycles. The second kappa shape index (κ2) is 15.8. The predicted octanol–water partition coefficient (Wildman–Crippen LogP) is 2.63. The summed E-state index contributed by atoms with van der Waals surface area (Å²) in [6, 6.07) is 0. The fraction of sp³-hybridized carbons (Fsp3) is 0.500. The summed E-state index contributed by atoms with van der Waals surface area (Å²) in [6.45, 7) is 9.23. The van der Waals surface area contributed by atoms with E-state index in [2.05, 4.69) is 18.0 Å². The van der Waals surface area contributed by atoms with Crippen molar-refractivity contribution in [3.63, 3.8) is 0 Å². The molecule has 0 saturated heterocycles. The largest absolute Gasteiger partial charge is 0.252 e. The Morgan fingerprint density at radius 2 is 1.90 bits per heavy atom. The zero-order chi connectivity index (χ0) is 8.24. The number of allylic oxidation sites excluding steroid dienone is 2. The molecule has 2 nitrogen and oxygen atoms in total. The summed E-state index contributed by atoms with van der Waals surface area (Å²) in [5.41, 5.74) is 0. The normalized spacial score (nSPS) is 7.40. The molecule has 10 heavy (non-hydrogen) atoms. The maximum Gasteiger partial charge on any atom is 0.0819 e. The van der Waals surface area contributed by atoms with Gasteiger partial charge < -0.3 is 0 Å². The topological polar surface area (TPSA) is 29.5 Å². The first-order chi connectivity index (χ1) is 4.83. The van der Waals surface area contributed by atoms with Crippen molar-refractivity contribution in [2.75, 3.05) is 6.61 Å². The van der Waals surface area contributed by atoms with Crippen LogP contribution in [0.5, 0.6) is 0 Å². The van der Waals surface area contributed by atoms with Gasteiger partial charge in [0.25, 0.3) is 0 Å². The van der Waals surface area contributed by atoms with Crippen LogP contribution in [0, 0.1) is 0 Å². The molecular formula is C8H16O2. The Bertz CT molecular complexity index is 59.7. The van der Waals surface area contributed by atoms with E-state index in [1.165, 1.54) is 0 Å². The highest BCUT2D eigenvalue weighted by atomic mass is 17.1. The first-order valence-corrected chi connectivity index (χ1v) is 3.33. The van der Waals surface area contributed by atoms with E-state index in [9.17, 15) is 0 Å². The fourth-order valence-corrected chi connectivity index (χ4v) is 0.209. The lowest BCUT2D eigenvalue weighted by Crippen LogP contribution is -1.84. The van der Waals surface area contributed by atoms with Crippen LogP contribution in [0.25, 0.3) is 0 Å². The van der Waals surface area contributed by atoms with E-state index in [0.29, 0.717) is 6.61 Å². The van der Waals surface area contributed by atoms with Crippen LogP contribution in [-0.4, -0.2) is 11.9 Å². The lowest BCUT2D eigenvalue weighted by molar-refractivity contribution is -0.242. The molecule has 1 N–H and O–H groups in total.